The highest BCUT2D eigenvalue weighted by molar-refractivity contribution is 5.85. The van der Waals surface area contributed by atoms with Crippen LogP contribution in [0.1, 0.15) is 25.8 Å². The predicted octanol–water partition coefficient (Wildman–Crippen LogP) is 2.93. The van der Waals surface area contributed by atoms with Crippen molar-refractivity contribution >= 4 is 12.4 Å². The van der Waals surface area contributed by atoms with E-state index in [9.17, 15) is 4.39 Å². The molecule has 0 fully saturated rings. The molecule has 0 spiro atoms. The normalized spacial score (nSPS) is 11.8. The summed E-state index contributed by atoms with van der Waals surface area (Å²) in [6, 6.07) is 4.63. The van der Waals surface area contributed by atoms with E-state index in [1.807, 2.05) is 13.8 Å². The van der Waals surface area contributed by atoms with Gasteiger partial charge in [-0.25, -0.2) is 4.39 Å². The molecule has 0 saturated carbocycles. The van der Waals surface area contributed by atoms with Crippen molar-refractivity contribution in [3.8, 4) is 5.75 Å². The lowest BCUT2D eigenvalue weighted by atomic mass is 10.0. The maximum atomic E-state index is 13.0. The van der Waals surface area contributed by atoms with Crippen LogP contribution in [0.15, 0.2) is 18.2 Å². The molecule has 0 amide bonds. The Hall–Kier alpha value is -0.800. The first-order chi connectivity index (χ1) is 7.17. The van der Waals surface area contributed by atoms with Gasteiger partial charge in [-0.1, -0.05) is 6.92 Å². The smallest absolute Gasteiger partial charge is 0.123 e. The highest BCUT2D eigenvalue weighted by Gasteiger charge is 2.08. The van der Waals surface area contributed by atoms with E-state index in [1.165, 1.54) is 12.1 Å². The van der Waals surface area contributed by atoms with Gasteiger partial charge in [-0.15, -0.1) is 12.4 Å². The van der Waals surface area contributed by atoms with E-state index in [-0.39, 0.29) is 24.3 Å². The molecule has 0 saturated heterocycles. The molecule has 0 aromatic heterocycles. The minimum Gasteiger partial charge on any atom is -0.494 e. The fraction of sp³-hybridized carbons (Fsp3) is 0.500. The van der Waals surface area contributed by atoms with Crippen molar-refractivity contribution < 1.29 is 9.13 Å². The van der Waals surface area contributed by atoms with Crippen LogP contribution < -0.4 is 10.5 Å². The number of nitrogens with two attached hydrogens (primary N) is 1. The maximum Gasteiger partial charge on any atom is 0.123 e. The Bertz CT molecular complexity index is 320. The van der Waals surface area contributed by atoms with Gasteiger partial charge in [-0.05, 0) is 43.5 Å². The molecule has 1 aromatic rings. The van der Waals surface area contributed by atoms with E-state index in [0.29, 0.717) is 13.0 Å². The zero-order valence-corrected chi connectivity index (χ0v) is 10.5. The van der Waals surface area contributed by atoms with Crippen LogP contribution in [-0.2, 0) is 6.42 Å². The first kappa shape index (κ1) is 15.2. The minimum absolute atomic E-state index is 0. The summed E-state index contributed by atoms with van der Waals surface area (Å²) in [5.41, 5.74) is 6.70. The van der Waals surface area contributed by atoms with Crippen LogP contribution in [-0.4, -0.2) is 12.6 Å². The van der Waals surface area contributed by atoms with E-state index in [2.05, 4.69) is 0 Å². The van der Waals surface area contributed by atoms with Crippen molar-refractivity contribution in [2.45, 2.75) is 32.7 Å². The summed E-state index contributed by atoms with van der Waals surface area (Å²) in [6.07, 6.45) is 1.53. The van der Waals surface area contributed by atoms with E-state index in [4.69, 9.17) is 10.5 Å². The van der Waals surface area contributed by atoms with Gasteiger partial charge in [-0.3, -0.25) is 0 Å². The highest BCUT2D eigenvalue weighted by atomic mass is 35.5. The van der Waals surface area contributed by atoms with Crippen LogP contribution in [0.25, 0.3) is 0 Å². The van der Waals surface area contributed by atoms with Crippen LogP contribution in [0.5, 0.6) is 5.75 Å². The zero-order chi connectivity index (χ0) is 11.3. The largest absolute Gasteiger partial charge is 0.494 e. The van der Waals surface area contributed by atoms with E-state index >= 15 is 0 Å². The van der Waals surface area contributed by atoms with Crippen LogP contribution >= 0.6 is 12.4 Å². The number of ether oxygens (including phenoxy) is 1. The van der Waals surface area contributed by atoms with Gasteiger partial charge in [0.1, 0.15) is 11.6 Å². The number of rotatable bonds is 5. The predicted molar refractivity (Wildman–Crippen MR) is 66.8 cm³/mol. The molecule has 0 radical (unpaired) electrons. The van der Waals surface area contributed by atoms with Gasteiger partial charge in [0.15, 0.2) is 0 Å². The maximum absolute atomic E-state index is 13.0. The van der Waals surface area contributed by atoms with Crippen molar-refractivity contribution in [2.75, 3.05) is 6.61 Å². The topological polar surface area (TPSA) is 35.2 Å². The lowest BCUT2D eigenvalue weighted by Crippen LogP contribution is -2.21. The summed E-state index contributed by atoms with van der Waals surface area (Å²) in [4.78, 5) is 0. The molecule has 1 atom stereocenters. The Morgan fingerprint density at radius 3 is 2.62 bits per heavy atom. The molecule has 0 aliphatic heterocycles. The molecule has 1 aromatic carbocycles. The van der Waals surface area contributed by atoms with Crippen molar-refractivity contribution in [1.82, 2.24) is 0 Å². The van der Waals surface area contributed by atoms with E-state index in [0.717, 1.165) is 17.7 Å². The van der Waals surface area contributed by atoms with Crippen LogP contribution in [0.4, 0.5) is 4.39 Å². The van der Waals surface area contributed by atoms with E-state index in [1.54, 1.807) is 6.07 Å². The van der Waals surface area contributed by atoms with Gasteiger partial charge < -0.3 is 10.5 Å². The second-order valence-corrected chi connectivity index (χ2v) is 3.56. The quantitative estimate of drug-likeness (QED) is 0.868. The standard InChI is InChI=1S/C12H18FNO.ClH/c1-3-11(14)8-9-7-10(13)5-6-12(9)15-4-2;/h5-7,11H,3-4,8,14H2,1-2H3;1H. The molecule has 92 valence electrons. The zero-order valence-electron chi connectivity index (χ0n) is 9.70. The SMILES string of the molecule is CCOc1ccc(F)cc1CC(N)CC.Cl. The van der Waals surface area contributed by atoms with Gasteiger partial charge in [0, 0.05) is 6.04 Å². The molecule has 2 nitrogen and oxygen atoms in total. The third-order valence-electron chi connectivity index (χ3n) is 2.33. The molecule has 16 heavy (non-hydrogen) atoms. The summed E-state index contributed by atoms with van der Waals surface area (Å²) in [6.45, 7) is 4.51. The Kier molecular flexibility index (Phi) is 7.10. The molecular weight excluding hydrogens is 229 g/mol. The summed E-state index contributed by atoms with van der Waals surface area (Å²) in [7, 11) is 0. The molecular formula is C12H19ClFNO. The highest BCUT2D eigenvalue weighted by Crippen LogP contribution is 2.21. The molecule has 1 unspecified atom stereocenters. The van der Waals surface area contributed by atoms with Gasteiger partial charge >= 0.3 is 0 Å². The van der Waals surface area contributed by atoms with Crippen molar-refractivity contribution in [3.63, 3.8) is 0 Å². The molecule has 2 N–H and O–H groups in total. The Morgan fingerprint density at radius 2 is 2.06 bits per heavy atom. The van der Waals surface area contributed by atoms with Crippen molar-refractivity contribution in [1.29, 1.82) is 0 Å². The van der Waals surface area contributed by atoms with Gasteiger partial charge in [0.25, 0.3) is 0 Å². The van der Waals surface area contributed by atoms with Gasteiger partial charge in [-0.2, -0.15) is 0 Å². The fourth-order valence-corrected chi connectivity index (χ4v) is 1.43. The first-order valence-corrected chi connectivity index (χ1v) is 5.34. The molecule has 4 heteroatoms. The van der Waals surface area contributed by atoms with Crippen LogP contribution in [0.3, 0.4) is 0 Å². The summed E-state index contributed by atoms with van der Waals surface area (Å²) in [5.74, 6) is 0.500. The molecule has 0 heterocycles. The number of hydrogen-bond acceptors (Lipinski definition) is 2. The average Bonchev–Trinajstić information content (AvgIpc) is 2.22. The lowest BCUT2D eigenvalue weighted by molar-refractivity contribution is 0.334. The molecule has 0 bridgehead atoms. The second-order valence-electron chi connectivity index (χ2n) is 3.56. The summed E-state index contributed by atoms with van der Waals surface area (Å²) >= 11 is 0. The summed E-state index contributed by atoms with van der Waals surface area (Å²) in [5, 5.41) is 0. The second kappa shape index (κ2) is 7.47. The Labute approximate surface area is 102 Å². The minimum atomic E-state index is -0.239. The van der Waals surface area contributed by atoms with Crippen molar-refractivity contribution in [2.24, 2.45) is 5.73 Å². The lowest BCUT2D eigenvalue weighted by Gasteiger charge is -2.13. The molecule has 1 rings (SSSR count). The number of benzene rings is 1. The van der Waals surface area contributed by atoms with Gasteiger partial charge in [0.05, 0.1) is 6.61 Å². The van der Waals surface area contributed by atoms with Gasteiger partial charge in [0.2, 0.25) is 0 Å². The number of hydrogen-bond donors (Lipinski definition) is 1. The third-order valence-corrected chi connectivity index (χ3v) is 2.33. The average molecular weight is 248 g/mol. The monoisotopic (exact) mass is 247 g/mol. The fourth-order valence-electron chi connectivity index (χ4n) is 1.43. The van der Waals surface area contributed by atoms with Crippen LogP contribution in [0, 0.1) is 5.82 Å². The molecule has 0 aliphatic carbocycles. The Morgan fingerprint density at radius 1 is 1.38 bits per heavy atom. The summed E-state index contributed by atoms with van der Waals surface area (Å²) < 4.78 is 18.5. The number of halogens is 2. The van der Waals surface area contributed by atoms with E-state index < -0.39 is 0 Å². The van der Waals surface area contributed by atoms with Crippen molar-refractivity contribution in [3.05, 3.63) is 29.6 Å². The Balaban J connectivity index is 0.00000225. The third kappa shape index (κ3) is 4.37. The van der Waals surface area contributed by atoms with Crippen LogP contribution in [0.2, 0.25) is 0 Å². The first-order valence-electron chi connectivity index (χ1n) is 5.34. The molecule has 0 aliphatic rings.